The number of para-hydroxylation sites is 1. The molecule has 0 bridgehead atoms. The Bertz CT molecular complexity index is 735. The quantitative estimate of drug-likeness (QED) is 0.693. The van der Waals surface area contributed by atoms with Crippen LogP contribution in [0.3, 0.4) is 0 Å². The van der Waals surface area contributed by atoms with Gasteiger partial charge in [-0.25, -0.2) is 0 Å². The fourth-order valence-corrected chi connectivity index (χ4v) is 2.48. The average molecular weight is 314 g/mol. The normalized spacial score (nSPS) is 10.6. The number of nitrogen functional groups attached to an aromatic ring is 1. The van der Waals surface area contributed by atoms with E-state index in [9.17, 15) is 0 Å². The number of fused-ring (bicyclic) bond motifs is 1. The highest BCUT2D eigenvalue weighted by molar-refractivity contribution is 9.10. The minimum absolute atomic E-state index is 0.730. The molecule has 0 fully saturated rings. The van der Waals surface area contributed by atoms with E-state index in [1.165, 1.54) is 0 Å². The Hall–Kier alpha value is -2.07. The number of anilines is 3. The van der Waals surface area contributed by atoms with Gasteiger partial charge in [-0.15, -0.1) is 0 Å². The summed E-state index contributed by atoms with van der Waals surface area (Å²) in [7, 11) is 0. The van der Waals surface area contributed by atoms with E-state index in [-0.39, 0.29) is 0 Å². The first-order valence-electron chi connectivity index (χ1n) is 5.90. The summed E-state index contributed by atoms with van der Waals surface area (Å²) in [5.41, 5.74) is 9.36. The van der Waals surface area contributed by atoms with Crippen LogP contribution < -0.4 is 11.1 Å². The minimum Gasteiger partial charge on any atom is -0.399 e. The zero-order chi connectivity index (χ0) is 13.2. The van der Waals surface area contributed by atoms with Gasteiger partial charge >= 0.3 is 0 Å². The van der Waals surface area contributed by atoms with Crippen molar-refractivity contribution in [2.75, 3.05) is 11.1 Å². The molecule has 0 spiro atoms. The summed E-state index contributed by atoms with van der Waals surface area (Å²) < 4.78 is 0.931. The van der Waals surface area contributed by atoms with Crippen molar-refractivity contribution in [2.24, 2.45) is 0 Å². The molecule has 0 radical (unpaired) electrons. The summed E-state index contributed by atoms with van der Waals surface area (Å²) in [4.78, 5) is 4.42. The summed E-state index contributed by atoms with van der Waals surface area (Å²) in [5.74, 6) is 0. The van der Waals surface area contributed by atoms with Crippen LogP contribution in [0.4, 0.5) is 17.1 Å². The zero-order valence-corrected chi connectivity index (χ0v) is 11.7. The Morgan fingerprint density at radius 3 is 2.68 bits per heavy atom. The summed E-state index contributed by atoms with van der Waals surface area (Å²) in [6.07, 6.45) is 1.80. The lowest BCUT2D eigenvalue weighted by Gasteiger charge is -2.11. The molecule has 0 unspecified atom stereocenters. The molecule has 0 aliphatic carbocycles. The molecular weight excluding hydrogens is 302 g/mol. The van der Waals surface area contributed by atoms with Gasteiger partial charge in [0.25, 0.3) is 0 Å². The predicted molar refractivity (Wildman–Crippen MR) is 83.6 cm³/mol. The van der Waals surface area contributed by atoms with Crippen LogP contribution in [0.15, 0.2) is 59.2 Å². The van der Waals surface area contributed by atoms with Crippen LogP contribution in [0.1, 0.15) is 0 Å². The van der Waals surface area contributed by atoms with Crippen molar-refractivity contribution in [3.8, 4) is 0 Å². The fraction of sp³-hybridized carbons (Fsp3) is 0. The molecule has 19 heavy (non-hydrogen) atoms. The molecular formula is C15H12BrN3. The average Bonchev–Trinajstić information content (AvgIpc) is 2.42. The number of nitrogens with one attached hydrogen (secondary N) is 1. The van der Waals surface area contributed by atoms with Crippen molar-refractivity contribution in [2.45, 2.75) is 0 Å². The van der Waals surface area contributed by atoms with Gasteiger partial charge in [-0.05, 0) is 46.3 Å². The molecule has 0 atom stereocenters. The van der Waals surface area contributed by atoms with Gasteiger partial charge in [0.2, 0.25) is 0 Å². The third-order valence-electron chi connectivity index (χ3n) is 2.90. The van der Waals surface area contributed by atoms with E-state index in [0.717, 1.165) is 32.4 Å². The molecule has 0 aliphatic rings. The molecule has 3 nitrogen and oxygen atoms in total. The number of hydrogen-bond acceptors (Lipinski definition) is 3. The molecule has 94 valence electrons. The summed E-state index contributed by atoms with van der Waals surface area (Å²) in [6.45, 7) is 0. The Labute approximate surface area is 119 Å². The molecule has 3 rings (SSSR count). The first kappa shape index (κ1) is 12.0. The number of nitrogens with zero attached hydrogens (tertiary/aromatic N) is 1. The number of hydrogen-bond donors (Lipinski definition) is 2. The Kier molecular flexibility index (Phi) is 3.09. The Balaban J connectivity index is 2.06. The summed E-state index contributed by atoms with van der Waals surface area (Å²) in [5, 5.41) is 4.49. The van der Waals surface area contributed by atoms with Crippen LogP contribution in [0.5, 0.6) is 0 Å². The molecule has 3 aromatic rings. The smallest absolute Gasteiger partial charge is 0.0936 e. The van der Waals surface area contributed by atoms with E-state index in [0.29, 0.717) is 0 Å². The molecule has 0 saturated carbocycles. The molecule has 3 N–H and O–H groups in total. The number of rotatable bonds is 2. The predicted octanol–water partition coefficient (Wildman–Crippen LogP) is 4.32. The number of pyridine rings is 1. The van der Waals surface area contributed by atoms with Gasteiger partial charge < -0.3 is 11.1 Å². The first-order chi connectivity index (χ1) is 9.24. The van der Waals surface area contributed by atoms with Crippen molar-refractivity contribution < 1.29 is 0 Å². The van der Waals surface area contributed by atoms with Gasteiger partial charge in [0.15, 0.2) is 0 Å². The monoisotopic (exact) mass is 313 g/mol. The molecule has 0 amide bonds. The van der Waals surface area contributed by atoms with Gasteiger partial charge in [-0.2, -0.15) is 0 Å². The summed E-state index contributed by atoms with van der Waals surface area (Å²) >= 11 is 3.51. The lowest BCUT2D eigenvalue weighted by molar-refractivity contribution is 1.40. The third-order valence-corrected chi connectivity index (χ3v) is 3.55. The standard InChI is InChI=1S/C15H12BrN3/c16-12-9-11(17)6-7-13(12)19-14-5-1-3-10-4-2-8-18-15(10)14/h1-9,19H,17H2. The van der Waals surface area contributed by atoms with Crippen molar-refractivity contribution in [3.05, 3.63) is 59.2 Å². The molecule has 0 aliphatic heterocycles. The maximum Gasteiger partial charge on any atom is 0.0936 e. The fourth-order valence-electron chi connectivity index (χ4n) is 1.98. The lowest BCUT2D eigenvalue weighted by Crippen LogP contribution is -1.94. The first-order valence-corrected chi connectivity index (χ1v) is 6.69. The van der Waals surface area contributed by atoms with E-state index >= 15 is 0 Å². The largest absolute Gasteiger partial charge is 0.399 e. The van der Waals surface area contributed by atoms with E-state index in [1.54, 1.807) is 6.20 Å². The highest BCUT2D eigenvalue weighted by Gasteiger charge is 2.04. The van der Waals surface area contributed by atoms with Gasteiger partial charge in [-0.3, -0.25) is 4.98 Å². The molecule has 4 heteroatoms. The zero-order valence-electron chi connectivity index (χ0n) is 10.1. The van der Waals surface area contributed by atoms with E-state index in [2.05, 4.69) is 26.2 Å². The lowest BCUT2D eigenvalue weighted by atomic mass is 10.2. The Morgan fingerprint density at radius 1 is 1.00 bits per heavy atom. The molecule has 0 saturated heterocycles. The molecule has 1 heterocycles. The maximum absolute atomic E-state index is 5.74. The second-order valence-electron chi connectivity index (χ2n) is 4.24. The number of benzene rings is 2. The molecule has 1 aromatic heterocycles. The maximum atomic E-state index is 5.74. The SMILES string of the molecule is Nc1ccc(Nc2cccc3cccnc23)c(Br)c1. The van der Waals surface area contributed by atoms with Crippen LogP contribution in [0.25, 0.3) is 10.9 Å². The molecule has 2 aromatic carbocycles. The highest BCUT2D eigenvalue weighted by Crippen LogP contribution is 2.30. The van der Waals surface area contributed by atoms with Gasteiger partial charge in [-0.1, -0.05) is 18.2 Å². The van der Waals surface area contributed by atoms with E-state index < -0.39 is 0 Å². The van der Waals surface area contributed by atoms with E-state index in [4.69, 9.17) is 5.73 Å². The van der Waals surface area contributed by atoms with Crippen LogP contribution in [-0.4, -0.2) is 4.98 Å². The number of aromatic nitrogens is 1. The van der Waals surface area contributed by atoms with Crippen molar-refractivity contribution in [1.29, 1.82) is 0 Å². The number of halogens is 1. The third kappa shape index (κ3) is 2.39. The van der Waals surface area contributed by atoms with Crippen molar-refractivity contribution >= 4 is 43.9 Å². The van der Waals surface area contributed by atoms with Gasteiger partial charge in [0.1, 0.15) is 0 Å². The Morgan fingerprint density at radius 2 is 1.84 bits per heavy atom. The van der Waals surface area contributed by atoms with Crippen LogP contribution in [0, 0.1) is 0 Å². The topological polar surface area (TPSA) is 50.9 Å². The van der Waals surface area contributed by atoms with Crippen molar-refractivity contribution in [1.82, 2.24) is 4.98 Å². The second-order valence-corrected chi connectivity index (χ2v) is 5.10. The highest BCUT2D eigenvalue weighted by atomic mass is 79.9. The second kappa shape index (κ2) is 4.90. The van der Waals surface area contributed by atoms with Gasteiger partial charge in [0, 0.05) is 21.7 Å². The number of nitrogens with two attached hydrogens (primary N) is 1. The van der Waals surface area contributed by atoms with Crippen molar-refractivity contribution in [3.63, 3.8) is 0 Å². The minimum atomic E-state index is 0.730. The van der Waals surface area contributed by atoms with Gasteiger partial charge in [0.05, 0.1) is 16.9 Å². The van der Waals surface area contributed by atoms with Crippen LogP contribution in [0.2, 0.25) is 0 Å². The summed E-state index contributed by atoms with van der Waals surface area (Å²) in [6, 6.07) is 15.7. The van der Waals surface area contributed by atoms with Crippen LogP contribution >= 0.6 is 15.9 Å². The van der Waals surface area contributed by atoms with Crippen LogP contribution in [-0.2, 0) is 0 Å². The van der Waals surface area contributed by atoms with E-state index in [1.807, 2.05) is 48.5 Å².